The maximum atomic E-state index is 12.3. The van der Waals surface area contributed by atoms with E-state index in [1.807, 2.05) is 19.1 Å². The van der Waals surface area contributed by atoms with Gasteiger partial charge in [0.15, 0.2) is 11.6 Å². The fraction of sp³-hybridized carbons (Fsp3) is 0.611. The first kappa shape index (κ1) is 21.6. The zero-order valence-corrected chi connectivity index (χ0v) is 17.3. The molecule has 2 rings (SSSR count). The van der Waals surface area contributed by atoms with Crippen molar-refractivity contribution in [2.24, 2.45) is 0 Å². The molecule has 0 spiro atoms. The molecule has 1 aromatic carbocycles. The van der Waals surface area contributed by atoms with Gasteiger partial charge in [-0.25, -0.2) is 4.57 Å². The molecule has 0 amide bonds. The maximum absolute atomic E-state index is 12.3. The second-order valence-electron chi connectivity index (χ2n) is 5.86. The van der Waals surface area contributed by atoms with Crippen LogP contribution in [0.2, 0.25) is 0 Å². The molecule has 1 aliphatic heterocycles. The summed E-state index contributed by atoms with van der Waals surface area (Å²) < 4.78 is 34.0. The number of hydrogen-bond donors (Lipinski definition) is 0. The standard InChI is InChI=1S/C18H27O6PS/c1-4-23-25(20,24-5-2)26-14-6-7-17(19)15-8-10-16(11-9-15)18(3)21-12-13-22-18/h8-11H,4-7,12-14H2,1-3H3. The molecular weight excluding hydrogens is 375 g/mol. The highest BCUT2D eigenvalue weighted by Crippen LogP contribution is 2.60. The maximum Gasteiger partial charge on any atom is 0.389 e. The van der Waals surface area contributed by atoms with Gasteiger partial charge in [-0.1, -0.05) is 24.3 Å². The van der Waals surface area contributed by atoms with Gasteiger partial charge in [-0.05, 0) is 38.6 Å². The summed E-state index contributed by atoms with van der Waals surface area (Å²) >= 11 is 1.15. The second-order valence-corrected chi connectivity index (χ2v) is 10.1. The van der Waals surface area contributed by atoms with Crippen molar-refractivity contribution >= 4 is 24.0 Å². The quantitative estimate of drug-likeness (QED) is 0.300. The van der Waals surface area contributed by atoms with E-state index in [1.54, 1.807) is 26.0 Å². The van der Waals surface area contributed by atoms with Gasteiger partial charge >= 0.3 is 6.80 Å². The lowest BCUT2D eigenvalue weighted by Crippen LogP contribution is -2.22. The van der Waals surface area contributed by atoms with Crippen molar-refractivity contribution in [1.82, 2.24) is 0 Å². The van der Waals surface area contributed by atoms with E-state index in [0.29, 0.717) is 50.6 Å². The first-order valence-corrected chi connectivity index (χ1v) is 12.0. The zero-order valence-electron chi connectivity index (χ0n) is 15.6. The summed E-state index contributed by atoms with van der Waals surface area (Å²) in [6, 6.07) is 7.33. The molecule has 1 aromatic rings. The molecule has 0 atom stereocenters. The van der Waals surface area contributed by atoms with Gasteiger partial charge in [-0.15, -0.1) is 0 Å². The Morgan fingerprint density at radius 2 is 1.73 bits per heavy atom. The molecule has 146 valence electrons. The van der Waals surface area contributed by atoms with Crippen LogP contribution in [0.1, 0.15) is 49.5 Å². The van der Waals surface area contributed by atoms with Gasteiger partial charge in [0.1, 0.15) is 0 Å². The molecule has 0 unspecified atom stereocenters. The van der Waals surface area contributed by atoms with Crippen LogP contribution in [0, 0.1) is 0 Å². The molecule has 1 fully saturated rings. The Morgan fingerprint density at radius 1 is 1.15 bits per heavy atom. The predicted molar refractivity (Wildman–Crippen MR) is 103 cm³/mol. The fourth-order valence-corrected chi connectivity index (χ4v) is 6.11. The van der Waals surface area contributed by atoms with Crippen LogP contribution >= 0.6 is 18.2 Å². The largest absolute Gasteiger partial charge is 0.389 e. The molecule has 0 saturated carbocycles. The van der Waals surface area contributed by atoms with Crippen LogP contribution in [-0.2, 0) is 28.9 Å². The molecule has 26 heavy (non-hydrogen) atoms. The van der Waals surface area contributed by atoms with Crippen LogP contribution in [0.5, 0.6) is 0 Å². The van der Waals surface area contributed by atoms with Gasteiger partial charge in [0.25, 0.3) is 0 Å². The Balaban J connectivity index is 1.81. The number of rotatable bonds is 11. The molecule has 0 N–H and O–H groups in total. The Labute approximate surface area is 159 Å². The summed E-state index contributed by atoms with van der Waals surface area (Å²) in [4.78, 5) is 12.3. The summed E-state index contributed by atoms with van der Waals surface area (Å²) in [5, 5.41) is 0. The lowest BCUT2D eigenvalue weighted by atomic mass is 10.0. The highest BCUT2D eigenvalue weighted by molar-refractivity contribution is 8.55. The van der Waals surface area contributed by atoms with E-state index in [9.17, 15) is 9.36 Å². The normalized spacial score (nSPS) is 16.7. The lowest BCUT2D eigenvalue weighted by molar-refractivity contribution is -0.149. The summed E-state index contributed by atoms with van der Waals surface area (Å²) in [5.74, 6) is -0.128. The number of Topliss-reactive ketones (excluding diaryl/α,β-unsaturated/α-hetero) is 1. The third-order valence-electron chi connectivity index (χ3n) is 3.94. The molecule has 0 bridgehead atoms. The van der Waals surface area contributed by atoms with Crippen molar-refractivity contribution in [1.29, 1.82) is 0 Å². The zero-order chi connectivity index (χ0) is 19.0. The minimum atomic E-state index is -3.10. The lowest BCUT2D eigenvalue weighted by Gasteiger charge is -2.22. The molecule has 6 nitrogen and oxygen atoms in total. The second kappa shape index (κ2) is 10.0. The molecular formula is C18H27O6PS. The first-order valence-electron chi connectivity index (χ1n) is 8.88. The van der Waals surface area contributed by atoms with E-state index in [0.717, 1.165) is 16.9 Å². The highest BCUT2D eigenvalue weighted by atomic mass is 32.7. The van der Waals surface area contributed by atoms with Crippen LogP contribution in [0.15, 0.2) is 24.3 Å². The Kier molecular flexibility index (Phi) is 8.33. The highest BCUT2D eigenvalue weighted by Gasteiger charge is 2.33. The number of carbonyl (C=O) groups is 1. The molecule has 0 aromatic heterocycles. The molecule has 0 aliphatic carbocycles. The van der Waals surface area contributed by atoms with E-state index in [4.69, 9.17) is 18.5 Å². The Morgan fingerprint density at radius 3 is 2.27 bits per heavy atom. The van der Waals surface area contributed by atoms with E-state index in [-0.39, 0.29) is 5.78 Å². The van der Waals surface area contributed by atoms with E-state index < -0.39 is 12.6 Å². The van der Waals surface area contributed by atoms with Gasteiger partial charge in [0.05, 0.1) is 26.4 Å². The minimum Gasteiger partial charge on any atom is -0.344 e. The van der Waals surface area contributed by atoms with Crippen molar-refractivity contribution in [3.8, 4) is 0 Å². The number of ether oxygens (including phenoxy) is 2. The number of carbonyl (C=O) groups excluding carboxylic acids is 1. The molecule has 1 saturated heterocycles. The van der Waals surface area contributed by atoms with E-state index >= 15 is 0 Å². The summed E-state index contributed by atoms with van der Waals surface area (Å²) in [6.45, 7) is 4.15. The van der Waals surface area contributed by atoms with Gasteiger partial charge < -0.3 is 18.5 Å². The SMILES string of the molecule is CCOP(=O)(OCC)SCCCC(=O)c1ccc(C2(C)OCCO2)cc1. The van der Waals surface area contributed by atoms with Gasteiger partial charge in [0.2, 0.25) is 0 Å². The number of ketones is 1. The van der Waals surface area contributed by atoms with E-state index in [1.165, 1.54) is 0 Å². The van der Waals surface area contributed by atoms with Crippen molar-refractivity contribution in [3.05, 3.63) is 35.4 Å². The van der Waals surface area contributed by atoms with Crippen molar-refractivity contribution in [3.63, 3.8) is 0 Å². The summed E-state index contributed by atoms with van der Waals surface area (Å²) in [7, 11) is 0. The molecule has 1 heterocycles. The van der Waals surface area contributed by atoms with Gasteiger partial charge in [0, 0.05) is 23.3 Å². The molecule has 1 aliphatic rings. The van der Waals surface area contributed by atoms with Gasteiger partial charge in [-0.2, -0.15) is 0 Å². The number of hydrogen-bond acceptors (Lipinski definition) is 7. The van der Waals surface area contributed by atoms with Crippen LogP contribution in [-0.4, -0.2) is 38.0 Å². The smallest absolute Gasteiger partial charge is 0.344 e. The Bertz CT molecular complexity index is 617. The predicted octanol–water partition coefficient (Wildman–Crippen LogP) is 4.78. The third-order valence-corrected chi connectivity index (χ3v) is 8.01. The van der Waals surface area contributed by atoms with Crippen molar-refractivity contribution in [2.75, 3.05) is 32.2 Å². The van der Waals surface area contributed by atoms with Crippen LogP contribution in [0.4, 0.5) is 0 Å². The third kappa shape index (κ3) is 5.91. The van der Waals surface area contributed by atoms with Crippen LogP contribution in [0.3, 0.4) is 0 Å². The van der Waals surface area contributed by atoms with Crippen molar-refractivity contribution in [2.45, 2.75) is 39.4 Å². The first-order chi connectivity index (χ1) is 12.4. The van der Waals surface area contributed by atoms with Crippen molar-refractivity contribution < 1.29 is 27.9 Å². The summed E-state index contributed by atoms with van der Waals surface area (Å²) in [5.41, 5.74) is 1.55. The summed E-state index contributed by atoms with van der Waals surface area (Å²) in [6.07, 6.45) is 0.994. The van der Waals surface area contributed by atoms with E-state index in [2.05, 4.69) is 0 Å². The molecule has 0 radical (unpaired) electrons. The average molecular weight is 402 g/mol. The Hall–Kier alpha value is -0.690. The van der Waals surface area contributed by atoms with Gasteiger partial charge in [-0.3, -0.25) is 4.79 Å². The van der Waals surface area contributed by atoms with Crippen LogP contribution < -0.4 is 0 Å². The molecule has 8 heteroatoms. The fourth-order valence-electron chi connectivity index (χ4n) is 2.62. The minimum absolute atomic E-state index is 0.0539. The monoisotopic (exact) mass is 402 g/mol. The topological polar surface area (TPSA) is 71.1 Å². The van der Waals surface area contributed by atoms with Crippen LogP contribution in [0.25, 0.3) is 0 Å². The number of benzene rings is 1. The average Bonchev–Trinajstić information content (AvgIpc) is 3.07.